The van der Waals surface area contributed by atoms with Crippen molar-refractivity contribution in [3.8, 4) is 34.5 Å². The van der Waals surface area contributed by atoms with E-state index in [1.165, 1.54) is 30.4 Å². The van der Waals surface area contributed by atoms with E-state index in [1.54, 1.807) is 36.4 Å². The molecule has 0 spiro atoms. The number of nitrogen functional groups attached to an aromatic ring is 2. The minimum Gasteiger partial charge on any atom is -0.504 e. The molecule has 4 aromatic carbocycles. The van der Waals surface area contributed by atoms with Crippen LogP contribution in [-0.2, 0) is 5.41 Å². The second-order valence-electron chi connectivity index (χ2n) is 11.9. The highest BCUT2D eigenvalue weighted by Crippen LogP contribution is 2.67. The number of rotatable bonds is 6. The van der Waals surface area contributed by atoms with Crippen molar-refractivity contribution >= 4 is 11.4 Å². The monoisotopic (exact) mass is 534 g/mol. The second-order valence-corrected chi connectivity index (χ2v) is 11.9. The third-order valence-corrected chi connectivity index (χ3v) is 9.47. The summed E-state index contributed by atoms with van der Waals surface area (Å²) in [6.45, 7) is 0. The third-order valence-electron chi connectivity index (χ3n) is 9.47. The Bertz CT molecular complexity index is 1570. The molecule has 3 atom stereocenters. The van der Waals surface area contributed by atoms with Crippen LogP contribution in [0.4, 0.5) is 11.4 Å². The average Bonchev–Trinajstić information content (AvgIpc) is 2.93. The lowest BCUT2D eigenvalue weighted by Gasteiger charge is -2.62. The van der Waals surface area contributed by atoms with E-state index in [2.05, 4.69) is 24.3 Å². The number of nitrogens with two attached hydrogens (primary N) is 2. The quantitative estimate of drug-likeness (QED) is 0.189. The van der Waals surface area contributed by atoms with Gasteiger partial charge in [0.25, 0.3) is 0 Å². The first kappa shape index (κ1) is 24.7. The van der Waals surface area contributed by atoms with Crippen LogP contribution in [0.5, 0.6) is 34.5 Å². The maximum absolute atomic E-state index is 10.3. The molecule has 4 fully saturated rings. The molecule has 0 saturated heterocycles. The van der Waals surface area contributed by atoms with E-state index in [0.29, 0.717) is 52.1 Å². The fourth-order valence-electron chi connectivity index (χ4n) is 8.14. The molecule has 0 aliphatic heterocycles. The van der Waals surface area contributed by atoms with Gasteiger partial charge in [0.1, 0.15) is 0 Å². The molecule has 40 heavy (non-hydrogen) atoms. The van der Waals surface area contributed by atoms with Crippen molar-refractivity contribution in [1.29, 1.82) is 0 Å². The summed E-state index contributed by atoms with van der Waals surface area (Å²) in [4.78, 5) is 0. The van der Waals surface area contributed by atoms with Crippen molar-refractivity contribution in [1.82, 2.24) is 0 Å². The third kappa shape index (κ3) is 4.10. The molecule has 4 aromatic rings. The van der Waals surface area contributed by atoms with Crippen LogP contribution in [0.1, 0.15) is 49.1 Å². The van der Waals surface area contributed by atoms with Gasteiger partial charge in [0.2, 0.25) is 0 Å². The molecular formula is C34H34N2O4. The first-order chi connectivity index (χ1) is 19.4. The van der Waals surface area contributed by atoms with E-state index in [1.807, 2.05) is 24.3 Å². The van der Waals surface area contributed by atoms with Crippen molar-refractivity contribution in [2.45, 2.75) is 43.4 Å². The number of phenols is 2. The minimum atomic E-state index is -0.0679. The van der Waals surface area contributed by atoms with E-state index < -0.39 is 0 Å². The largest absolute Gasteiger partial charge is 0.504 e. The van der Waals surface area contributed by atoms with E-state index >= 15 is 0 Å². The van der Waals surface area contributed by atoms with E-state index in [-0.39, 0.29) is 22.8 Å². The van der Waals surface area contributed by atoms with Gasteiger partial charge in [0, 0.05) is 5.41 Å². The van der Waals surface area contributed by atoms with Gasteiger partial charge in [0.05, 0.1) is 11.4 Å². The normalized spacial score (nSPS) is 26.5. The van der Waals surface area contributed by atoms with Gasteiger partial charge < -0.3 is 31.2 Å². The highest BCUT2D eigenvalue weighted by atomic mass is 16.5. The van der Waals surface area contributed by atoms with Crippen molar-refractivity contribution in [2.24, 2.45) is 17.8 Å². The smallest absolute Gasteiger partial charge is 0.169 e. The molecule has 0 radical (unpaired) electrons. The number of anilines is 2. The fraction of sp³-hybridized carbons (Fsp3) is 0.294. The summed E-state index contributed by atoms with van der Waals surface area (Å²) in [5.41, 5.74) is 16.2. The van der Waals surface area contributed by atoms with Crippen LogP contribution in [0.15, 0.2) is 84.9 Å². The fourth-order valence-corrected chi connectivity index (χ4v) is 8.14. The predicted molar refractivity (Wildman–Crippen MR) is 156 cm³/mol. The summed E-state index contributed by atoms with van der Waals surface area (Å²) in [6.07, 6.45) is 6.01. The van der Waals surface area contributed by atoms with Crippen molar-refractivity contribution in [2.75, 3.05) is 11.5 Å². The van der Waals surface area contributed by atoms with Crippen LogP contribution in [-0.4, -0.2) is 10.2 Å². The Kier molecular flexibility index (Phi) is 5.81. The van der Waals surface area contributed by atoms with Crippen LogP contribution < -0.4 is 20.9 Å². The van der Waals surface area contributed by atoms with Crippen LogP contribution >= 0.6 is 0 Å². The molecule has 0 amide bonds. The average molecular weight is 535 g/mol. The van der Waals surface area contributed by atoms with Gasteiger partial charge in [-0.15, -0.1) is 0 Å². The molecule has 6 N–H and O–H groups in total. The highest BCUT2D eigenvalue weighted by Gasteiger charge is 2.58. The Labute approximate surface area is 234 Å². The molecule has 4 aliphatic carbocycles. The number of aromatic hydroxyl groups is 2. The van der Waals surface area contributed by atoms with Crippen molar-refractivity contribution in [3.05, 3.63) is 96.1 Å². The van der Waals surface area contributed by atoms with Crippen molar-refractivity contribution < 1.29 is 19.7 Å². The van der Waals surface area contributed by atoms with E-state index in [0.717, 1.165) is 12.8 Å². The van der Waals surface area contributed by atoms with Crippen LogP contribution in [0.2, 0.25) is 0 Å². The summed E-state index contributed by atoms with van der Waals surface area (Å²) in [5.74, 6) is 4.32. The van der Waals surface area contributed by atoms with Gasteiger partial charge in [-0.3, -0.25) is 0 Å². The standard InChI is InChI=1S/C34H34N2O4/c35-25-11-9-22(16-31(25)39-29-7-3-1-5-27(29)37)33-23-14-20-13-21(15-23)19-34(33,18-20)24-10-12-26(36)32(17-24)40-30-8-4-2-6-28(30)38/h1-12,16-17,20-21,23,33,37-38H,13-15,18-19,35-36H2. The van der Waals surface area contributed by atoms with Crippen LogP contribution in [0.25, 0.3) is 0 Å². The topological polar surface area (TPSA) is 111 Å². The Hall–Kier alpha value is -4.32. The molecule has 8 rings (SSSR count). The molecular weight excluding hydrogens is 500 g/mol. The second kappa shape index (κ2) is 9.40. The number of phenolic OH excluding ortho intramolecular Hbond substituents is 2. The van der Waals surface area contributed by atoms with Gasteiger partial charge in [-0.1, -0.05) is 36.4 Å². The Morgan fingerprint density at radius 1 is 0.625 bits per heavy atom. The molecule has 0 heterocycles. The number of benzene rings is 4. The maximum Gasteiger partial charge on any atom is 0.169 e. The molecule has 6 nitrogen and oxygen atoms in total. The molecule has 4 saturated carbocycles. The van der Waals surface area contributed by atoms with Crippen molar-refractivity contribution in [3.63, 3.8) is 0 Å². The predicted octanol–water partition coefficient (Wildman–Crippen LogP) is 7.71. The number of para-hydroxylation sites is 4. The highest BCUT2D eigenvalue weighted by molar-refractivity contribution is 5.60. The van der Waals surface area contributed by atoms with E-state index in [4.69, 9.17) is 20.9 Å². The molecule has 6 heteroatoms. The first-order valence-corrected chi connectivity index (χ1v) is 14.1. The molecule has 3 unspecified atom stereocenters. The zero-order chi connectivity index (χ0) is 27.4. The molecule has 0 aromatic heterocycles. The summed E-state index contributed by atoms with van der Waals surface area (Å²) in [6, 6.07) is 26.3. The summed E-state index contributed by atoms with van der Waals surface area (Å²) >= 11 is 0. The molecule has 204 valence electrons. The van der Waals surface area contributed by atoms with Gasteiger partial charge in [0.15, 0.2) is 34.5 Å². The Morgan fingerprint density at radius 2 is 1.18 bits per heavy atom. The minimum absolute atomic E-state index is 0.0679. The van der Waals surface area contributed by atoms with Gasteiger partial charge in [-0.05, 0) is 115 Å². The first-order valence-electron chi connectivity index (χ1n) is 14.1. The number of ether oxygens (including phenoxy) is 2. The summed E-state index contributed by atoms with van der Waals surface area (Å²) in [5, 5.41) is 20.6. The lowest BCUT2D eigenvalue weighted by Crippen LogP contribution is -2.53. The van der Waals surface area contributed by atoms with Gasteiger partial charge >= 0.3 is 0 Å². The maximum atomic E-state index is 10.3. The molecule has 4 bridgehead atoms. The Morgan fingerprint density at radius 3 is 1.77 bits per heavy atom. The van der Waals surface area contributed by atoms with Gasteiger partial charge in [-0.25, -0.2) is 0 Å². The van der Waals surface area contributed by atoms with E-state index in [9.17, 15) is 10.2 Å². The van der Waals surface area contributed by atoms with Crippen LogP contribution in [0, 0.1) is 17.8 Å². The lowest BCUT2D eigenvalue weighted by molar-refractivity contribution is -0.0281. The Balaban J connectivity index is 1.30. The zero-order valence-electron chi connectivity index (χ0n) is 22.3. The van der Waals surface area contributed by atoms with Gasteiger partial charge in [-0.2, -0.15) is 0 Å². The number of hydrogen-bond donors (Lipinski definition) is 4. The van der Waals surface area contributed by atoms with Crippen LogP contribution in [0.3, 0.4) is 0 Å². The summed E-state index contributed by atoms with van der Waals surface area (Å²) < 4.78 is 12.3. The summed E-state index contributed by atoms with van der Waals surface area (Å²) in [7, 11) is 0. The zero-order valence-corrected chi connectivity index (χ0v) is 22.3. The SMILES string of the molecule is Nc1ccc(C2C3CC4CC(C3)CC2(c2ccc(N)c(Oc3ccccc3O)c2)C4)cc1Oc1ccccc1O. The number of hydrogen-bond acceptors (Lipinski definition) is 6. The molecule has 4 aliphatic rings. The lowest BCUT2D eigenvalue weighted by atomic mass is 9.42.